The van der Waals surface area contributed by atoms with Gasteiger partial charge in [-0.2, -0.15) is 5.10 Å². The van der Waals surface area contributed by atoms with Crippen molar-refractivity contribution in [1.82, 2.24) is 20.5 Å². The number of para-hydroxylation sites is 1. The van der Waals surface area contributed by atoms with Gasteiger partial charge in [-0.15, -0.1) is 0 Å². The molecule has 0 fully saturated rings. The number of nitrogens with one attached hydrogen (secondary N) is 3. The Hall–Kier alpha value is -3.34. The lowest BCUT2D eigenvalue weighted by Gasteiger charge is -2.03. The van der Waals surface area contributed by atoms with Gasteiger partial charge < -0.3 is 10.3 Å². The molecule has 2 aromatic carbocycles. The average molecular weight is 344 g/mol. The lowest BCUT2D eigenvalue weighted by Crippen LogP contribution is -2.25. The van der Waals surface area contributed by atoms with E-state index in [1.54, 1.807) is 6.07 Å². The minimum Gasteiger partial charge on any atom is -0.361 e. The molecule has 0 radical (unpaired) electrons. The van der Waals surface area contributed by atoms with Gasteiger partial charge in [0.2, 0.25) is 0 Å². The fourth-order valence-electron chi connectivity index (χ4n) is 3.05. The quantitative estimate of drug-likeness (QED) is 0.515. The summed E-state index contributed by atoms with van der Waals surface area (Å²) in [7, 11) is 0. The molecule has 5 heteroatoms. The minimum atomic E-state index is -0.143. The summed E-state index contributed by atoms with van der Waals surface area (Å²) in [6.45, 7) is 2.61. The van der Waals surface area contributed by atoms with Crippen molar-refractivity contribution in [2.75, 3.05) is 6.54 Å². The van der Waals surface area contributed by atoms with Crippen LogP contribution in [0.1, 0.15) is 21.6 Å². The van der Waals surface area contributed by atoms with Crippen LogP contribution in [0.4, 0.5) is 0 Å². The van der Waals surface area contributed by atoms with E-state index >= 15 is 0 Å². The fraction of sp³-hybridized carbons (Fsp3) is 0.143. The minimum absolute atomic E-state index is 0.143. The lowest BCUT2D eigenvalue weighted by atomic mass is 10.1. The highest BCUT2D eigenvalue weighted by atomic mass is 16.1. The molecule has 5 nitrogen and oxygen atoms in total. The van der Waals surface area contributed by atoms with Gasteiger partial charge in [0.25, 0.3) is 5.91 Å². The van der Waals surface area contributed by atoms with Gasteiger partial charge >= 0.3 is 0 Å². The summed E-state index contributed by atoms with van der Waals surface area (Å²) in [6, 6.07) is 18.0. The molecule has 0 bridgehead atoms. The number of hydrogen-bond donors (Lipinski definition) is 3. The van der Waals surface area contributed by atoms with Crippen LogP contribution in [-0.4, -0.2) is 27.6 Å². The summed E-state index contributed by atoms with van der Waals surface area (Å²) >= 11 is 0. The number of nitrogens with zero attached hydrogens (tertiary/aromatic N) is 1. The predicted octanol–water partition coefficient (Wildman–Crippen LogP) is 3.84. The summed E-state index contributed by atoms with van der Waals surface area (Å²) in [5, 5.41) is 11.2. The molecule has 1 amide bonds. The number of carbonyl (C=O) groups is 1. The first-order valence-corrected chi connectivity index (χ1v) is 8.66. The number of aromatic amines is 2. The normalized spacial score (nSPS) is 11.0. The number of aryl methyl sites for hydroxylation is 1. The number of aromatic nitrogens is 3. The zero-order chi connectivity index (χ0) is 17.9. The fourth-order valence-corrected chi connectivity index (χ4v) is 3.05. The second kappa shape index (κ2) is 6.88. The highest BCUT2D eigenvalue weighted by Crippen LogP contribution is 2.19. The van der Waals surface area contributed by atoms with Gasteiger partial charge in [0.05, 0.1) is 5.69 Å². The maximum Gasteiger partial charge on any atom is 0.269 e. The molecule has 2 heterocycles. The summed E-state index contributed by atoms with van der Waals surface area (Å²) in [5.74, 6) is -0.143. The van der Waals surface area contributed by atoms with Gasteiger partial charge in [0, 0.05) is 29.2 Å². The highest BCUT2D eigenvalue weighted by molar-refractivity contribution is 5.93. The van der Waals surface area contributed by atoms with Crippen LogP contribution < -0.4 is 5.32 Å². The van der Waals surface area contributed by atoms with E-state index < -0.39 is 0 Å². The molecular weight excluding hydrogens is 324 g/mol. The predicted molar refractivity (Wildman–Crippen MR) is 103 cm³/mol. The number of carbonyl (C=O) groups excluding carboxylic acids is 1. The molecule has 0 saturated heterocycles. The number of H-pyrrole nitrogens is 2. The van der Waals surface area contributed by atoms with Gasteiger partial charge in [-0.3, -0.25) is 9.89 Å². The Morgan fingerprint density at radius 2 is 1.92 bits per heavy atom. The van der Waals surface area contributed by atoms with Gasteiger partial charge in [0.15, 0.2) is 0 Å². The van der Waals surface area contributed by atoms with Crippen LogP contribution in [0.5, 0.6) is 0 Å². The van der Waals surface area contributed by atoms with Crippen molar-refractivity contribution < 1.29 is 4.79 Å². The molecule has 0 aliphatic heterocycles. The molecule has 0 aliphatic carbocycles. The lowest BCUT2D eigenvalue weighted by molar-refractivity contribution is 0.0949. The van der Waals surface area contributed by atoms with E-state index in [1.807, 2.05) is 49.5 Å². The summed E-state index contributed by atoms with van der Waals surface area (Å²) in [5.41, 5.74) is 5.74. The van der Waals surface area contributed by atoms with E-state index in [9.17, 15) is 4.79 Å². The number of hydrogen-bond acceptors (Lipinski definition) is 2. The molecule has 4 rings (SSSR count). The Bertz CT molecular complexity index is 1040. The average Bonchev–Trinajstić information content (AvgIpc) is 3.30. The van der Waals surface area contributed by atoms with Crippen LogP contribution in [0.25, 0.3) is 22.2 Å². The zero-order valence-electron chi connectivity index (χ0n) is 14.5. The third kappa shape index (κ3) is 3.24. The second-order valence-electron chi connectivity index (χ2n) is 6.40. The third-order valence-corrected chi connectivity index (χ3v) is 4.52. The maximum absolute atomic E-state index is 12.3. The molecule has 130 valence electrons. The van der Waals surface area contributed by atoms with Gasteiger partial charge in [-0.1, -0.05) is 48.0 Å². The SMILES string of the molecule is Cc1ccc(-c2cc(C(=O)NCCc3c[nH]c4ccccc34)[nH]n2)cc1. The zero-order valence-corrected chi connectivity index (χ0v) is 14.5. The van der Waals surface area contributed by atoms with Crippen molar-refractivity contribution in [3.8, 4) is 11.3 Å². The van der Waals surface area contributed by atoms with Crippen LogP contribution in [0, 0.1) is 6.92 Å². The van der Waals surface area contributed by atoms with Crippen molar-refractivity contribution in [3.63, 3.8) is 0 Å². The molecule has 0 unspecified atom stereocenters. The Balaban J connectivity index is 1.39. The van der Waals surface area contributed by atoms with Crippen molar-refractivity contribution in [2.45, 2.75) is 13.3 Å². The highest BCUT2D eigenvalue weighted by Gasteiger charge is 2.11. The van der Waals surface area contributed by atoms with Gasteiger partial charge in [-0.25, -0.2) is 0 Å². The van der Waals surface area contributed by atoms with Crippen molar-refractivity contribution in [2.24, 2.45) is 0 Å². The Labute approximate surface area is 151 Å². The Morgan fingerprint density at radius 1 is 1.12 bits per heavy atom. The molecule has 26 heavy (non-hydrogen) atoms. The standard InChI is InChI=1S/C21H20N4O/c1-14-6-8-15(9-7-14)19-12-20(25-24-19)21(26)22-11-10-16-13-23-18-5-3-2-4-17(16)18/h2-9,12-13,23H,10-11H2,1H3,(H,22,26)(H,24,25). The topological polar surface area (TPSA) is 73.6 Å². The monoisotopic (exact) mass is 344 g/mol. The van der Waals surface area contributed by atoms with Gasteiger partial charge in [-0.05, 0) is 31.0 Å². The summed E-state index contributed by atoms with van der Waals surface area (Å²) < 4.78 is 0. The maximum atomic E-state index is 12.3. The molecule has 0 saturated carbocycles. The van der Waals surface area contributed by atoms with Crippen LogP contribution in [-0.2, 0) is 6.42 Å². The first-order valence-electron chi connectivity index (χ1n) is 8.66. The third-order valence-electron chi connectivity index (χ3n) is 4.52. The van der Waals surface area contributed by atoms with E-state index in [-0.39, 0.29) is 5.91 Å². The summed E-state index contributed by atoms with van der Waals surface area (Å²) in [6.07, 6.45) is 2.78. The molecule has 0 spiro atoms. The molecule has 0 atom stereocenters. The van der Waals surface area contributed by atoms with E-state index in [1.165, 1.54) is 16.5 Å². The molecular formula is C21H20N4O. The Kier molecular flexibility index (Phi) is 4.27. The van der Waals surface area contributed by atoms with E-state index in [0.29, 0.717) is 12.2 Å². The largest absolute Gasteiger partial charge is 0.361 e. The van der Waals surface area contributed by atoms with Crippen LogP contribution in [0.15, 0.2) is 60.8 Å². The van der Waals surface area contributed by atoms with Crippen molar-refractivity contribution in [3.05, 3.63) is 77.6 Å². The first-order chi connectivity index (χ1) is 12.7. The van der Waals surface area contributed by atoms with Crippen molar-refractivity contribution in [1.29, 1.82) is 0 Å². The van der Waals surface area contributed by atoms with Crippen LogP contribution >= 0.6 is 0 Å². The second-order valence-corrected chi connectivity index (χ2v) is 6.40. The smallest absolute Gasteiger partial charge is 0.269 e. The van der Waals surface area contributed by atoms with E-state index in [0.717, 1.165) is 23.2 Å². The van der Waals surface area contributed by atoms with Crippen molar-refractivity contribution >= 4 is 16.8 Å². The number of benzene rings is 2. The Morgan fingerprint density at radius 3 is 2.77 bits per heavy atom. The number of rotatable bonds is 5. The van der Waals surface area contributed by atoms with Crippen LogP contribution in [0.2, 0.25) is 0 Å². The molecule has 2 aromatic heterocycles. The molecule has 4 aromatic rings. The molecule has 0 aliphatic rings. The first kappa shape index (κ1) is 16.1. The summed E-state index contributed by atoms with van der Waals surface area (Å²) in [4.78, 5) is 15.6. The van der Waals surface area contributed by atoms with E-state index in [4.69, 9.17) is 0 Å². The molecule has 3 N–H and O–H groups in total. The number of amides is 1. The van der Waals surface area contributed by atoms with Gasteiger partial charge in [0.1, 0.15) is 5.69 Å². The van der Waals surface area contributed by atoms with E-state index in [2.05, 4.69) is 32.6 Å². The van der Waals surface area contributed by atoms with Crippen LogP contribution in [0.3, 0.4) is 0 Å². The number of fused-ring (bicyclic) bond motifs is 1.